The van der Waals surface area contributed by atoms with E-state index in [1.807, 2.05) is 29.5 Å². The van der Waals surface area contributed by atoms with Crippen molar-refractivity contribution in [3.05, 3.63) is 68.6 Å². The second kappa shape index (κ2) is 15.1. The van der Waals surface area contributed by atoms with Gasteiger partial charge in [-0.1, -0.05) is 25.5 Å². The minimum atomic E-state index is -1.24. The average Bonchev–Trinajstić information content (AvgIpc) is 2.96. The van der Waals surface area contributed by atoms with E-state index in [2.05, 4.69) is 5.32 Å². The van der Waals surface area contributed by atoms with Crippen LogP contribution in [0, 0.1) is 9.39 Å². The zero-order valence-corrected chi connectivity index (χ0v) is 24.6. The van der Waals surface area contributed by atoms with Crippen molar-refractivity contribution in [1.82, 2.24) is 10.2 Å². The lowest BCUT2D eigenvalue weighted by atomic mass is 9.87. The average molecular weight is 669 g/mol. The molecule has 0 aliphatic heterocycles. The first-order valence-corrected chi connectivity index (χ1v) is 14.1. The topological polar surface area (TPSA) is 125 Å². The molecule has 0 unspecified atom stereocenters. The number of hydrogen-bond acceptors (Lipinski definition) is 7. The second-order valence-electron chi connectivity index (χ2n) is 9.42. The van der Waals surface area contributed by atoms with Crippen molar-refractivity contribution in [2.75, 3.05) is 20.3 Å². The molecule has 0 spiro atoms. The van der Waals surface area contributed by atoms with E-state index in [-0.39, 0.29) is 55.5 Å². The third-order valence-corrected chi connectivity index (χ3v) is 7.39. The fourth-order valence-corrected chi connectivity index (χ4v) is 5.24. The molecular formula is C29H34FIN2O7. The van der Waals surface area contributed by atoms with Crippen LogP contribution in [0.4, 0.5) is 4.39 Å². The number of carbonyl (C=O) groups excluding carboxylic acids is 3. The number of aliphatic hydroxyl groups is 2. The van der Waals surface area contributed by atoms with Crippen LogP contribution < -0.4 is 14.8 Å². The van der Waals surface area contributed by atoms with E-state index in [4.69, 9.17) is 9.47 Å². The molecule has 3 atom stereocenters. The molecule has 0 heterocycles. The molecule has 9 nitrogen and oxygen atoms in total. The SMILES string of the molecule is CCCCC(=O)N(Cc1ccc(F)cc1)[C@@H]1CC(C(=O)NCCO)=C[C@H](Oc2c(I)cc(C=O)cc2OC)[C@H]1O. The maximum absolute atomic E-state index is 13.6. The highest BCUT2D eigenvalue weighted by atomic mass is 127. The van der Waals surface area contributed by atoms with Crippen molar-refractivity contribution in [2.24, 2.45) is 0 Å². The molecule has 1 aliphatic carbocycles. The van der Waals surface area contributed by atoms with Crippen LogP contribution in [-0.4, -0.2) is 71.7 Å². The third-order valence-electron chi connectivity index (χ3n) is 6.59. The van der Waals surface area contributed by atoms with Crippen LogP contribution in [0.3, 0.4) is 0 Å². The van der Waals surface area contributed by atoms with Gasteiger partial charge in [0.05, 0.1) is 23.3 Å². The first-order valence-electron chi connectivity index (χ1n) is 13.0. The fraction of sp³-hybridized carbons (Fsp3) is 0.414. The fourth-order valence-electron chi connectivity index (χ4n) is 4.49. The standard InChI is InChI=1S/C29H34FIN2O7/c1-3-4-5-26(36)33(16-18-6-8-21(30)9-7-18)23-14-20(29(38)32-10-11-34)15-24(27(23)37)40-28-22(31)12-19(17-35)13-25(28)39-2/h6-9,12-13,15,17,23-24,27,34,37H,3-5,10-11,14,16H2,1-2H3,(H,32,38)/t23-,24+,27+/m1/s1. The Kier molecular flexibility index (Phi) is 11.9. The molecule has 0 aromatic heterocycles. The zero-order valence-electron chi connectivity index (χ0n) is 22.4. The number of aldehydes is 1. The smallest absolute Gasteiger partial charge is 0.247 e. The summed E-state index contributed by atoms with van der Waals surface area (Å²) in [5.41, 5.74) is 1.32. The van der Waals surface area contributed by atoms with E-state index in [9.17, 15) is 29.0 Å². The van der Waals surface area contributed by atoms with Crippen LogP contribution in [0.5, 0.6) is 11.5 Å². The number of ether oxygens (including phenoxy) is 2. The van der Waals surface area contributed by atoms with Crippen molar-refractivity contribution >= 4 is 40.7 Å². The van der Waals surface area contributed by atoms with Gasteiger partial charge in [0.1, 0.15) is 24.3 Å². The van der Waals surface area contributed by atoms with Crippen LogP contribution in [0.25, 0.3) is 0 Å². The molecule has 1 aliphatic rings. The molecule has 40 heavy (non-hydrogen) atoms. The zero-order chi connectivity index (χ0) is 29.2. The molecule has 0 radical (unpaired) electrons. The molecule has 0 saturated carbocycles. The van der Waals surface area contributed by atoms with E-state index in [0.29, 0.717) is 27.4 Å². The normalized spacial score (nSPS) is 18.4. The van der Waals surface area contributed by atoms with Gasteiger partial charge in [0, 0.05) is 37.1 Å². The number of carbonyl (C=O) groups is 3. The number of aliphatic hydroxyl groups excluding tert-OH is 2. The van der Waals surface area contributed by atoms with Crippen molar-refractivity contribution in [3.8, 4) is 11.5 Å². The number of benzene rings is 2. The van der Waals surface area contributed by atoms with Crippen LogP contribution in [-0.2, 0) is 16.1 Å². The van der Waals surface area contributed by atoms with Gasteiger partial charge in [-0.05, 0) is 64.9 Å². The van der Waals surface area contributed by atoms with Gasteiger partial charge in [0.2, 0.25) is 11.8 Å². The van der Waals surface area contributed by atoms with Crippen molar-refractivity contribution in [3.63, 3.8) is 0 Å². The molecule has 0 fully saturated rings. The van der Waals surface area contributed by atoms with Gasteiger partial charge < -0.3 is 29.9 Å². The summed E-state index contributed by atoms with van der Waals surface area (Å²) in [6, 6.07) is 8.01. The second-order valence-corrected chi connectivity index (χ2v) is 10.6. The van der Waals surface area contributed by atoms with E-state index >= 15 is 0 Å². The van der Waals surface area contributed by atoms with Crippen LogP contribution in [0.2, 0.25) is 0 Å². The largest absolute Gasteiger partial charge is 0.493 e. The Hall–Kier alpha value is -3.03. The summed E-state index contributed by atoms with van der Waals surface area (Å²) in [5.74, 6) is -0.542. The van der Waals surface area contributed by atoms with E-state index in [1.54, 1.807) is 18.2 Å². The summed E-state index contributed by atoms with van der Waals surface area (Å²) >= 11 is 1.99. The van der Waals surface area contributed by atoms with Crippen molar-refractivity contribution in [2.45, 2.75) is 57.4 Å². The molecule has 2 aromatic carbocycles. The maximum atomic E-state index is 13.6. The summed E-state index contributed by atoms with van der Waals surface area (Å²) < 4.78 is 25.8. The van der Waals surface area contributed by atoms with Gasteiger partial charge in [-0.3, -0.25) is 14.4 Å². The molecule has 216 valence electrons. The molecule has 2 amide bonds. The number of halogens is 2. The Morgan fingerprint density at radius 3 is 2.60 bits per heavy atom. The van der Waals surface area contributed by atoms with Crippen LogP contribution in [0.15, 0.2) is 48.0 Å². The van der Waals surface area contributed by atoms with Gasteiger partial charge in [-0.15, -0.1) is 0 Å². The van der Waals surface area contributed by atoms with E-state index in [0.717, 1.165) is 6.42 Å². The van der Waals surface area contributed by atoms with Crippen molar-refractivity contribution in [1.29, 1.82) is 0 Å². The summed E-state index contributed by atoms with van der Waals surface area (Å²) in [5, 5.41) is 23.4. The Balaban J connectivity index is 2.03. The number of hydrogen-bond donors (Lipinski definition) is 3. The predicted molar refractivity (Wildman–Crippen MR) is 155 cm³/mol. The Morgan fingerprint density at radius 1 is 1.25 bits per heavy atom. The minimum absolute atomic E-state index is 0.0303. The predicted octanol–water partition coefficient (Wildman–Crippen LogP) is 3.39. The Bertz CT molecular complexity index is 1220. The van der Waals surface area contributed by atoms with Gasteiger partial charge in [-0.2, -0.15) is 0 Å². The lowest BCUT2D eigenvalue weighted by molar-refractivity contribution is -0.139. The van der Waals surface area contributed by atoms with Crippen LogP contribution in [0.1, 0.15) is 48.5 Å². The highest BCUT2D eigenvalue weighted by Gasteiger charge is 2.40. The Labute approximate surface area is 246 Å². The lowest BCUT2D eigenvalue weighted by Gasteiger charge is -2.41. The van der Waals surface area contributed by atoms with Crippen molar-refractivity contribution < 1.29 is 38.5 Å². The third kappa shape index (κ3) is 8.01. The lowest BCUT2D eigenvalue weighted by Crippen LogP contribution is -2.54. The summed E-state index contributed by atoms with van der Waals surface area (Å²) in [7, 11) is 1.42. The molecule has 0 saturated heterocycles. The van der Waals surface area contributed by atoms with Gasteiger partial charge in [0.15, 0.2) is 11.5 Å². The quantitative estimate of drug-likeness (QED) is 0.221. The van der Waals surface area contributed by atoms with E-state index in [1.165, 1.54) is 36.3 Å². The summed E-state index contributed by atoms with van der Waals surface area (Å²) in [6.07, 6.45) is 1.58. The molecule has 0 bridgehead atoms. The van der Waals surface area contributed by atoms with E-state index < -0.39 is 30.0 Å². The number of nitrogens with one attached hydrogen (secondary N) is 1. The highest BCUT2D eigenvalue weighted by molar-refractivity contribution is 14.1. The van der Waals surface area contributed by atoms with Gasteiger partial charge in [0.25, 0.3) is 0 Å². The highest BCUT2D eigenvalue weighted by Crippen LogP contribution is 2.37. The summed E-state index contributed by atoms with van der Waals surface area (Å²) in [6.45, 7) is 1.84. The maximum Gasteiger partial charge on any atom is 0.247 e. The molecule has 2 aromatic rings. The first-order chi connectivity index (χ1) is 19.2. The number of nitrogens with zero attached hydrogens (tertiary/aromatic N) is 1. The molecular weight excluding hydrogens is 634 g/mol. The first kappa shape index (κ1) is 31.5. The molecule has 3 N–H and O–H groups in total. The van der Waals surface area contributed by atoms with Gasteiger partial charge >= 0.3 is 0 Å². The number of rotatable bonds is 13. The summed E-state index contributed by atoms with van der Waals surface area (Å²) in [4.78, 5) is 39.3. The van der Waals surface area contributed by atoms with Gasteiger partial charge in [-0.25, -0.2) is 4.39 Å². The molecule has 3 rings (SSSR count). The Morgan fingerprint density at radius 2 is 1.98 bits per heavy atom. The number of methoxy groups -OCH3 is 1. The monoisotopic (exact) mass is 668 g/mol. The van der Waals surface area contributed by atoms with Crippen LogP contribution >= 0.6 is 22.6 Å². The number of unbranched alkanes of at least 4 members (excludes halogenated alkanes) is 1. The molecule has 11 heteroatoms. The minimum Gasteiger partial charge on any atom is -0.493 e. The number of amides is 2.